The van der Waals surface area contributed by atoms with E-state index in [1.807, 2.05) is 12.1 Å². The minimum Gasteiger partial charge on any atom is -0.342 e. The monoisotopic (exact) mass is 385 g/mol. The van der Waals surface area contributed by atoms with Crippen LogP contribution in [0.25, 0.3) is 11.3 Å². The van der Waals surface area contributed by atoms with Crippen LogP contribution >= 0.6 is 11.6 Å². The van der Waals surface area contributed by atoms with Crippen molar-refractivity contribution in [3.05, 3.63) is 65.6 Å². The van der Waals surface area contributed by atoms with Gasteiger partial charge in [0, 0.05) is 23.2 Å². The first-order valence-corrected chi connectivity index (χ1v) is 9.30. The molecular weight excluding hydrogens is 365 g/mol. The Balaban J connectivity index is 1.55. The van der Waals surface area contributed by atoms with E-state index >= 15 is 0 Å². The summed E-state index contributed by atoms with van der Waals surface area (Å²) in [6, 6.07) is 8.25. The summed E-state index contributed by atoms with van der Waals surface area (Å²) in [4.78, 5) is 4.34. The van der Waals surface area contributed by atoms with Crippen LogP contribution in [0.5, 0.6) is 0 Å². The van der Waals surface area contributed by atoms with Crippen LogP contribution in [-0.4, -0.2) is 24.5 Å². The topological polar surface area (TPSA) is 31.4 Å². The molecule has 0 N–H and O–H groups in total. The zero-order valence-corrected chi connectivity index (χ0v) is 15.7. The maximum absolute atomic E-state index is 13.6. The van der Waals surface area contributed by atoms with Crippen LogP contribution in [0.1, 0.15) is 24.8 Å². The number of aromatic nitrogens is 1. The summed E-state index contributed by atoms with van der Waals surface area (Å²) in [5, 5.41) is 0.0941. The predicted molar refractivity (Wildman–Crippen MR) is 105 cm³/mol. The summed E-state index contributed by atoms with van der Waals surface area (Å²) in [5.74, 6) is 5.94. The summed E-state index contributed by atoms with van der Waals surface area (Å²) in [6.07, 6.45) is 6.27. The Morgan fingerprint density at radius 2 is 2.07 bits per heavy atom. The Bertz CT molecular complexity index is 834. The normalized spacial score (nSPS) is 19.2. The minimum absolute atomic E-state index is 0.0941. The van der Waals surface area contributed by atoms with E-state index in [-0.39, 0.29) is 5.02 Å². The van der Waals surface area contributed by atoms with Crippen molar-refractivity contribution in [1.29, 1.82) is 0 Å². The van der Waals surface area contributed by atoms with Gasteiger partial charge in [0.15, 0.2) is 0 Å². The SMILES string of the molecule is C=CCCC[C@H]1CO[C@H](C#Cc2ccc(-c3ccc(Cl)c(F)c3)nc2)OC1. The van der Waals surface area contributed by atoms with Gasteiger partial charge in [-0.2, -0.15) is 0 Å². The van der Waals surface area contributed by atoms with Gasteiger partial charge in [-0.25, -0.2) is 4.39 Å². The molecule has 0 bridgehead atoms. The van der Waals surface area contributed by atoms with Crippen LogP contribution in [0, 0.1) is 23.6 Å². The molecular formula is C22H21ClFNO2. The highest BCUT2D eigenvalue weighted by Gasteiger charge is 2.20. The summed E-state index contributed by atoms with van der Waals surface area (Å²) in [5.41, 5.74) is 2.06. The van der Waals surface area contributed by atoms with Crippen LogP contribution in [0.3, 0.4) is 0 Å². The molecule has 1 saturated heterocycles. The molecule has 0 radical (unpaired) electrons. The van der Waals surface area contributed by atoms with Crippen LogP contribution in [0.15, 0.2) is 49.2 Å². The van der Waals surface area contributed by atoms with Crippen molar-refractivity contribution in [1.82, 2.24) is 4.98 Å². The summed E-state index contributed by atoms with van der Waals surface area (Å²) < 4.78 is 24.9. The third kappa shape index (κ3) is 5.64. The van der Waals surface area contributed by atoms with Gasteiger partial charge in [0.2, 0.25) is 6.29 Å². The number of allylic oxidation sites excluding steroid dienone is 1. The van der Waals surface area contributed by atoms with Gasteiger partial charge in [0.05, 0.1) is 23.9 Å². The number of hydrogen-bond acceptors (Lipinski definition) is 3. The molecule has 0 atom stereocenters. The Morgan fingerprint density at radius 3 is 2.74 bits per heavy atom. The molecule has 0 spiro atoms. The van der Waals surface area contributed by atoms with Crippen molar-refractivity contribution in [3.63, 3.8) is 0 Å². The Labute approximate surface area is 164 Å². The third-order valence-corrected chi connectivity index (χ3v) is 4.61. The van der Waals surface area contributed by atoms with E-state index in [2.05, 4.69) is 23.4 Å². The van der Waals surface area contributed by atoms with Crippen molar-refractivity contribution >= 4 is 11.6 Å². The lowest BCUT2D eigenvalue weighted by atomic mass is 10.0. The molecule has 0 amide bonds. The smallest absolute Gasteiger partial charge is 0.222 e. The number of benzene rings is 1. The molecule has 1 aliphatic heterocycles. The average Bonchev–Trinajstić information content (AvgIpc) is 2.70. The Kier molecular flexibility index (Phi) is 7.00. The second kappa shape index (κ2) is 9.66. The zero-order chi connectivity index (χ0) is 19.1. The maximum Gasteiger partial charge on any atom is 0.222 e. The predicted octanol–water partition coefficient (Wildman–Crippen LogP) is 5.24. The molecule has 1 aromatic heterocycles. The first-order chi connectivity index (χ1) is 13.2. The van der Waals surface area contributed by atoms with E-state index in [0.29, 0.717) is 30.4 Å². The van der Waals surface area contributed by atoms with Crippen molar-refractivity contribution in [3.8, 4) is 23.1 Å². The molecule has 3 rings (SSSR count). The second-order valence-electron chi connectivity index (χ2n) is 6.41. The van der Waals surface area contributed by atoms with E-state index in [4.69, 9.17) is 21.1 Å². The third-order valence-electron chi connectivity index (χ3n) is 4.30. The van der Waals surface area contributed by atoms with Gasteiger partial charge < -0.3 is 9.47 Å². The molecule has 0 aliphatic carbocycles. The highest BCUT2D eigenvalue weighted by Crippen LogP contribution is 2.23. The van der Waals surface area contributed by atoms with E-state index in [1.54, 1.807) is 18.3 Å². The van der Waals surface area contributed by atoms with Gasteiger partial charge in [-0.1, -0.05) is 29.7 Å². The van der Waals surface area contributed by atoms with Gasteiger partial charge in [0.25, 0.3) is 0 Å². The molecule has 2 aromatic rings. The standard InChI is InChI=1S/C22H21ClFNO2/c1-2-3-4-5-17-14-26-22(27-15-17)11-7-16-6-10-21(25-13-16)18-8-9-19(23)20(24)12-18/h2,6,8-10,12-13,17,22H,1,3-5,14-15H2/t17-,22-. The Morgan fingerprint density at radius 1 is 1.26 bits per heavy atom. The zero-order valence-electron chi connectivity index (χ0n) is 15.0. The number of unbranched alkanes of at least 4 members (excludes halogenated alkanes) is 1. The first kappa shape index (κ1) is 19.6. The number of halogens is 2. The van der Waals surface area contributed by atoms with E-state index < -0.39 is 12.1 Å². The number of pyridine rings is 1. The molecule has 1 aromatic carbocycles. The lowest BCUT2D eigenvalue weighted by molar-refractivity contribution is -0.170. The highest BCUT2D eigenvalue weighted by molar-refractivity contribution is 6.30. The van der Waals surface area contributed by atoms with E-state index in [0.717, 1.165) is 24.8 Å². The molecule has 1 fully saturated rings. The molecule has 140 valence electrons. The van der Waals surface area contributed by atoms with Gasteiger partial charge in [-0.3, -0.25) is 4.98 Å². The molecule has 27 heavy (non-hydrogen) atoms. The molecule has 0 unspecified atom stereocenters. The molecule has 2 heterocycles. The van der Waals surface area contributed by atoms with Gasteiger partial charge in [-0.05, 0) is 49.4 Å². The summed E-state index contributed by atoms with van der Waals surface area (Å²) in [6.45, 7) is 5.06. The maximum atomic E-state index is 13.6. The van der Waals surface area contributed by atoms with Crippen molar-refractivity contribution in [2.45, 2.75) is 25.6 Å². The van der Waals surface area contributed by atoms with E-state index in [9.17, 15) is 4.39 Å². The highest BCUT2D eigenvalue weighted by atomic mass is 35.5. The molecule has 0 saturated carbocycles. The lowest BCUT2D eigenvalue weighted by Crippen LogP contribution is -2.31. The van der Waals surface area contributed by atoms with Crippen LogP contribution in [0.4, 0.5) is 4.39 Å². The van der Waals surface area contributed by atoms with Crippen molar-refractivity contribution in [2.24, 2.45) is 5.92 Å². The van der Waals surface area contributed by atoms with Gasteiger partial charge in [-0.15, -0.1) is 6.58 Å². The molecule has 5 heteroatoms. The number of ether oxygens (including phenoxy) is 2. The lowest BCUT2D eigenvalue weighted by Gasteiger charge is -2.26. The largest absolute Gasteiger partial charge is 0.342 e. The fraction of sp³-hybridized carbons (Fsp3) is 0.318. The minimum atomic E-state index is -0.509. The second-order valence-corrected chi connectivity index (χ2v) is 6.82. The fourth-order valence-corrected chi connectivity index (χ4v) is 2.90. The van der Waals surface area contributed by atoms with Crippen LogP contribution < -0.4 is 0 Å². The van der Waals surface area contributed by atoms with Crippen LogP contribution in [0.2, 0.25) is 5.02 Å². The average molecular weight is 386 g/mol. The Hall–Kier alpha value is -2.19. The first-order valence-electron chi connectivity index (χ1n) is 8.93. The molecule has 1 aliphatic rings. The van der Waals surface area contributed by atoms with Crippen molar-refractivity contribution < 1.29 is 13.9 Å². The van der Waals surface area contributed by atoms with Crippen molar-refractivity contribution in [2.75, 3.05) is 13.2 Å². The number of nitrogens with zero attached hydrogens (tertiary/aromatic N) is 1. The quantitative estimate of drug-likeness (QED) is 0.401. The molecule has 3 nitrogen and oxygen atoms in total. The van der Waals surface area contributed by atoms with E-state index in [1.165, 1.54) is 12.1 Å². The number of rotatable bonds is 5. The van der Waals surface area contributed by atoms with Crippen LogP contribution in [-0.2, 0) is 9.47 Å². The summed E-state index contributed by atoms with van der Waals surface area (Å²) >= 11 is 5.71. The number of hydrogen-bond donors (Lipinski definition) is 0. The fourth-order valence-electron chi connectivity index (χ4n) is 2.78. The summed E-state index contributed by atoms with van der Waals surface area (Å²) in [7, 11) is 0. The van der Waals surface area contributed by atoms with Gasteiger partial charge >= 0.3 is 0 Å². The van der Waals surface area contributed by atoms with Gasteiger partial charge in [0.1, 0.15) is 5.82 Å².